The molecular weight excluding hydrogens is 378 g/mol. The van der Waals surface area contributed by atoms with Gasteiger partial charge in [0, 0.05) is 23.1 Å². The molecule has 0 saturated heterocycles. The van der Waals surface area contributed by atoms with Crippen molar-refractivity contribution in [2.24, 2.45) is 0 Å². The van der Waals surface area contributed by atoms with Gasteiger partial charge in [0.1, 0.15) is 6.04 Å². The van der Waals surface area contributed by atoms with Gasteiger partial charge in [-0.3, -0.25) is 9.59 Å². The molecule has 2 N–H and O–H groups in total. The summed E-state index contributed by atoms with van der Waals surface area (Å²) in [5.74, 6) is -1.64. The van der Waals surface area contributed by atoms with Crippen molar-refractivity contribution in [3.05, 3.63) is 106 Å². The topological polar surface area (TPSA) is 83.5 Å². The van der Waals surface area contributed by atoms with E-state index < -0.39 is 17.9 Å². The lowest BCUT2D eigenvalue weighted by Gasteiger charge is -2.15. The zero-order valence-corrected chi connectivity index (χ0v) is 16.9. The van der Waals surface area contributed by atoms with Gasteiger partial charge in [-0.1, -0.05) is 71.8 Å². The average Bonchev–Trinajstić information content (AvgIpc) is 2.73. The Morgan fingerprint density at radius 1 is 0.800 bits per heavy atom. The van der Waals surface area contributed by atoms with E-state index >= 15 is 0 Å². The van der Waals surface area contributed by atoms with Crippen LogP contribution < -0.4 is 5.32 Å². The van der Waals surface area contributed by atoms with Crippen molar-refractivity contribution in [3.8, 4) is 0 Å². The molecule has 0 radical (unpaired) electrons. The molecule has 0 unspecified atom stereocenters. The Morgan fingerprint density at radius 2 is 1.37 bits per heavy atom. The third-order valence-corrected chi connectivity index (χ3v) is 4.78. The standard InChI is InChI=1S/C25H23NO4/c1-16-12-17(2)14-21(13-16)24(28)26-22(25(29)30)15-18-8-10-20(11-9-18)23(27)19-6-4-3-5-7-19/h3-14,22H,15H2,1-2H3,(H,26,28)(H,29,30)/t22-/m1/s1. The molecule has 0 fully saturated rings. The van der Waals surface area contributed by atoms with Crippen molar-refractivity contribution in [1.29, 1.82) is 0 Å². The number of hydrogen-bond donors (Lipinski definition) is 2. The van der Waals surface area contributed by atoms with E-state index in [2.05, 4.69) is 5.32 Å². The van der Waals surface area contributed by atoms with Gasteiger partial charge >= 0.3 is 5.97 Å². The summed E-state index contributed by atoms with van der Waals surface area (Å²) in [6.45, 7) is 3.77. The molecule has 0 heterocycles. The summed E-state index contributed by atoms with van der Waals surface area (Å²) in [5, 5.41) is 12.2. The van der Waals surface area contributed by atoms with Gasteiger partial charge < -0.3 is 10.4 Å². The van der Waals surface area contributed by atoms with E-state index in [9.17, 15) is 19.5 Å². The number of amides is 1. The van der Waals surface area contributed by atoms with Gasteiger partial charge in [0.15, 0.2) is 5.78 Å². The number of nitrogens with one attached hydrogen (secondary N) is 1. The van der Waals surface area contributed by atoms with E-state index in [1.165, 1.54) is 0 Å². The molecule has 3 aromatic carbocycles. The number of aryl methyl sites for hydroxylation is 2. The minimum Gasteiger partial charge on any atom is -0.480 e. The van der Waals surface area contributed by atoms with Crippen LogP contribution in [0.1, 0.15) is 43.0 Å². The van der Waals surface area contributed by atoms with Gasteiger partial charge in [0.25, 0.3) is 5.91 Å². The zero-order chi connectivity index (χ0) is 21.7. The largest absolute Gasteiger partial charge is 0.480 e. The normalized spacial score (nSPS) is 11.5. The van der Waals surface area contributed by atoms with Crippen LogP contribution in [0.4, 0.5) is 0 Å². The van der Waals surface area contributed by atoms with Crippen LogP contribution in [0.2, 0.25) is 0 Å². The molecule has 0 bridgehead atoms. The highest BCUT2D eigenvalue weighted by molar-refractivity contribution is 6.08. The van der Waals surface area contributed by atoms with Gasteiger partial charge in [-0.25, -0.2) is 4.79 Å². The van der Waals surface area contributed by atoms with E-state index in [-0.39, 0.29) is 12.2 Å². The predicted octanol–water partition coefficient (Wildman–Crippen LogP) is 3.96. The number of carboxylic acid groups (broad SMARTS) is 1. The fourth-order valence-electron chi connectivity index (χ4n) is 3.33. The van der Waals surface area contributed by atoms with Gasteiger partial charge in [-0.05, 0) is 31.5 Å². The lowest BCUT2D eigenvalue weighted by Crippen LogP contribution is -2.42. The van der Waals surface area contributed by atoms with Crippen molar-refractivity contribution >= 4 is 17.7 Å². The Labute approximate surface area is 175 Å². The molecule has 0 aliphatic carbocycles. The summed E-state index contributed by atoms with van der Waals surface area (Å²) in [7, 11) is 0. The zero-order valence-electron chi connectivity index (χ0n) is 16.9. The first kappa shape index (κ1) is 21.0. The number of ketones is 1. The molecule has 3 aromatic rings. The molecule has 0 saturated carbocycles. The van der Waals surface area contributed by atoms with Crippen LogP contribution in [0.3, 0.4) is 0 Å². The minimum atomic E-state index is -1.11. The smallest absolute Gasteiger partial charge is 0.326 e. The van der Waals surface area contributed by atoms with Gasteiger partial charge in [0.2, 0.25) is 0 Å². The number of carbonyl (C=O) groups is 3. The number of aliphatic carboxylic acids is 1. The highest BCUT2D eigenvalue weighted by Crippen LogP contribution is 2.13. The lowest BCUT2D eigenvalue weighted by molar-refractivity contribution is -0.139. The number of benzene rings is 3. The van der Waals surface area contributed by atoms with E-state index in [4.69, 9.17) is 0 Å². The summed E-state index contributed by atoms with van der Waals surface area (Å²) in [6.07, 6.45) is 0.117. The molecule has 5 heteroatoms. The first-order valence-electron chi connectivity index (χ1n) is 9.64. The highest BCUT2D eigenvalue weighted by atomic mass is 16.4. The maximum atomic E-state index is 12.5. The van der Waals surface area contributed by atoms with Crippen molar-refractivity contribution in [2.75, 3.05) is 0 Å². The SMILES string of the molecule is Cc1cc(C)cc(C(=O)N[C@H](Cc2ccc(C(=O)c3ccccc3)cc2)C(=O)O)c1. The Morgan fingerprint density at radius 3 is 1.93 bits per heavy atom. The molecule has 0 aliphatic heterocycles. The Hall–Kier alpha value is -3.73. The lowest BCUT2D eigenvalue weighted by atomic mass is 9.99. The van der Waals surface area contributed by atoms with Crippen LogP contribution in [0, 0.1) is 13.8 Å². The predicted molar refractivity (Wildman–Crippen MR) is 115 cm³/mol. The molecule has 5 nitrogen and oxygen atoms in total. The molecule has 152 valence electrons. The van der Waals surface area contributed by atoms with Gasteiger partial charge in [-0.15, -0.1) is 0 Å². The van der Waals surface area contributed by atoms with Crippen LogP contribution >= 0.6 is 0 Å². The maximum absolute atomic E-state index is 12.5. The summed E-state index contributed by atoms with van der Waals surface area (Å²) in [4.78, 5) is 36.7. The summed E-state index contributed by atoms with van der Waals surface area (Å²) >= 11 is 0. The van der Waals surface area contributed by atoms with Crippen LogP contribution in [0.15, 0.2) is 72.8 Å². The number of hydrogen-bond acceptors (Lipinski definition) is 3. The summed E-state index contributed by atoms with van der Waals surface area (Å²) in [6, 6.07) is 20.1. The first-order valence-corrected chi connectivity index (χ1v) is 9.64. The molecule has 0 aliphatic rings. The maximum Gasteiger partial charge on any atom is 0.326 e. The van der Waals surface area contributed by atoms with Gasteiger partial charge in [0.05, 0.1) is 0 Å². The number of carbonyl (C=O) groups excluding carboxylic acids is 2. The Kier molecular flexibility index (Phi) is 6.42. The number of rotatable bonds is 7. The van der Waals surface area contributed by atoms with Crippen LogP contribution in [0.5, 0.6) is 0 Å². The monoisotopic (exact) mass is 401 g/mol. The summed E-state index contributed by atoms with van der Waals surface area (Å²) in [5.41, 5.74) is 4.14. The van der Waals surface area contributed by atoms with Crippen molar-refractivity contribution < 1.29 is 19.5 Å². The van der Waals surface area contributed by atoms with Crippen molar-refractivity contribution in [2.45, 2.75) is 26.3 Å². The third-order valence-electron chi connectivity index (χ3n) is 4.78. The van der Waals surface area contributed by atoms with E-state index in [0.717, 1.165) is 11.1 Å². The second-order valence-electron chi connectivity index (χ2n) is 7.34. The van der Waals surface area contributed by atoms with Gasteiger partial charge in [-0.2, -0.15) is 0 Å². The van der Waals surface area contributed by atoms with Crippen molar-refractivity contribution in [1.82, 2.24) is 5.32 Å². The summed E-state index contributed by atoms with van der Waals surface area (Å²) < 4.78 is 0. The number of carboxylic acids is 1. The average molecular weight is 401 g/mol. The molecule has 1 amide bonds. The van der Waals surface area contributed by atoms with E-state index in [1.54, 1.807) is 60.7 Å². The minimum absolute atomic E-state index is 0.0972. The fraction of sp³-hybridized carbons (Fsp3) is 0.160. The van der Waals surface area contributed by atoms with Crippen molar-refractivity contribution in [3.63, 3.8) is 0 Å². The second kappa shape index (κ2) is 9.18. The van der Waals surface area contributed by atoms with E-state index in [0.29, 0.717) is 22.3 Å². The molecule has 0 spiro atoms. The molecular formula is C25H23NO4. The third kappa shape index (κ3) is 5.20. The molecule has 0 aromatic heterocycles. The van der Waals surface area contributed by atoms with Crippen LogP contribution in [-0.2, 0) is 11.2 Å². The van der Waals surface area contributed by atoms with Crippen LogP contribution in [-0.4, -0.2) is 28.8 Å². The Bertz CT molecular complexity index is 1050. The highest BCUT2D eigenvalue weighted by Gasteiger charge is 2.21. The van der Waals surface area contributed by atoms with Crippen LogP contribution in [0.25, 0.3) is 0 Å². The fourth-order valence-corrected chi connectivity index (χ4v) is 3.33. The quantitative estimate of drug-likeness (QED) is 0.587. The second-order valence-corrected chi connectivity index (χ2v) is 7.34. The Balaban J connectivity index is 1.71. The molecule has 1 atom stereocenters. The molecule has 3 rings (SSSR count). The van der Waals surface area contributed by atoms with E-state index in [1.807, 2.05) is 26.0 Å². The first-order chi connectivity index (χ1) is 14.3. The molecule has 30 heavy (non-hydrogen) atoms.